The second-order valence-electron chi connectivity index (χ2n) is 6.04. The van der Waals surface area contributed by atoms with Crippen LogP contribution in [-0.2, 0) is 4.74 Å². The van der Waals surface area contributed by atoms with Gasteiger partial charge in [0.15, 0.2) is 0 Å². The van der Waals surface area contributed by atoms with Crippen molar-refractivity contribution in [3.63, 3.8) is 0 Å². The highest BCUT2D eigenvalue weighted by Gasteiger charge is 2.23. The van der Waals surface area contributed by atoms with Gasteiger partial charge in [-0.05, 0) is 42.2 Å². The van der Waals surface area contributed by atoms with Crippen LogP contribution in [0.4, 0.5) is 0 Å². The lowest BCUT2D eigenvalue weighted by molar-refractivity contribution is 0.0522. The van der Waals surface area contributed by atoms with Crippen LogP contribution in [0.5, 0.6) is 5.75 Å². The van der Waals surface area contributed by atoms with Crippen LogP contribution in [0, 0.1) is 0 Å². The lowest BCUT2D eigenvalue weighted by Crippen LogP contribution is -2.11. The van der Waals surface area contributed by atoms with Gasteiger partial charge in [-0.15, -0.1) is 0 Å². The van der Waals surface area contributed by atoms with E-state index in [0.29, 0.717) is 28.0 Å². The second kappa shape index (κ2) is 9.55. The molecule has 0 heterocycles. The highest BCUT2D eigenvalue weighted by atomic mass is 35.5. The van der Waals surface area contributed by atoms with Crippen LogP contribution in [-0.4, -0.2) is 31.2 Å². The Morgan fingerprint density at radius 1 is 1.11 bits per heavy atom. The minimum absolute atomic E-state index is 0.285. The molecular weight excluding hydrogens is 415 g/mol. The Bertz CT molecular complexity index is 1000. The molecule has 3 rings (SSSR count). The first kappa shape index (κ1) is 20.8. The standard InChI is InChI=1S/C22H20Cl2O3S/c1-3-26-22(25)18-12-14-6-4-5-7-16(14)20(21(18)27-10-11-28-2)17-9-8-15(23)13-19(17)24/h4-9,12-13H,3,10-11H2,1-2H3. The van der Waals surface area contributed by atoms with Crippen LogP contribution in [0.25, 0.3) is 21.9 Å². The number of fused-ring (bicyclic) bond motifs is 1. The van der Waals surface area contributed by atoms with Crippen molar-refractivity contribution in [2.75, 3.05) is 25.2 Å². The summed E-state index contributed by atoms with van der Waals surface area (Å²) in [5, 5.41) is 2.89. The van der Waals surface area contributed by atoms with Crippen molar-refractivity contribution >= 4 is 51.7 Å². The predicted octanol–water partition coefficient (Wildman–Crippen LogP) is 6.73. The van der Waals surface area contributed by atoms with E-state index in [1.54, 1.807) is 30.8 Å². The molecule has 0 atom stereocenters. The number of thioether (sulfide) groups is 1. The number of esters is 1. The van der Waals surface area contributed by atoms with Gasteiger partial charge in [-0.2, -0.15) is 11.8 Å². The molecule has 0 N–H and O–H groups in total. The molecule has 0 aliphatic rings. The van der Waals surface area contributed by atoms with Crippen LogP contribution in [0.3, 0.4) is 0 Å². The zero-order valence-electron chi connectivity index (χ0n) is 15.6. The summed E-state index contributed by atoms with van der Waals surface area (Å²) >= 11 is 14.3. The number of hydrogen-bond acceptors (Lipinski definition) is 4. The van der Waals surface area contributed by atoms with E-state index < -0.39 is 5.97 Å². The Kier molecular flexibility index (Phi) is 7.11. The van der Waals surface area contributed by atoms with E-state index in [2.05, 4.69) is 0 Å². The lowest BCUT2D eigenvalue weighted by atomic mass is 9.94. The topological polar surface area (TPSA) is 35.5 Å². The van der Waals surface area contributed by atoms with Crippen molar-refractivity contribution < 1.29 is 14.3 Å². The Labute approximate surface area is 178 Å². The Morgan fingerprint density at radius 3 is 2.61 bits per heavy atom. The third-order valence-corrected chi connectivity index (χ3v) is 5.35. The van der Waals surface area contributed by atoms with Gasteiger partial charge in [0.25, 0.3) is 0 Å². The van der Waals surface area contributed by atoms with Crippen molar-refractivity contribution in [1.82, 2.24) is 0 Å². The lowest BCUT2D eigenvalue weighted by Gasteiger charge is -2.19. The largest absolute Gasteiger partial charge is 0.491 e. The molecule has 0 spiro atoms. The Balaban J connectivity index is 2.33. The van der Waals surface area contributed by atoms with E-state index in [-0.39, 0.29) is 6.61 Å². The summed E-state index contributed by atoms with van der Waals surface area (Å²) in [5.74, 6) is 0.859. The van der Waals surface area contributed by atoms with E-state index in [0.717, 1.165) is 27.7 Å². The molecule has 28 heavy (non-hydrogen) atoms. The molecule has 0 saturated heterocycles. The summed E-state index contributed by atoms with van der Waals surface area (Å²) in [7, 11) is 0. The average molecular weight is 435 g/mol. The molecule has 0 radical (unpaired) electrons. The molecule has 0 bridgehead atoms. The molecular formula is C22H20Cl2O3S. The van der Waals surface area contributed by atoms with E-state index in [9.17, 15) is 4.79 Å². The maximum Gasteiger partial charge on any atom is 0.341 e. The SMILES string of the molecule is CCOC(=O)c1cc2ccccc2c(-c2ccc(Cl)cc2Cl)c1OCCSC. The van der Waals surface area contributed by atoms with Gasteiger partial charge in [-0.1, -0.05) is 53.5 Å². The molecule has 0 aliphatic heterocycles. The number of halogens is 2. The van der Waals surface area contributed by atoms with Gasteiger partial charge in [0.2, 0.25) is 0 Å². The summed E-state index contributed by atoms with van der Waals surface area (Å²) < 4.78 is 11.4. The van der Waals surface area contributed by atoms with Crippen LogP contribution in [0.1, 0.15) is 17.3 Å². The number of hydrogen-bond donors (Lipinski definition) is 0. The summed E-state index contributed by atoms with van der Waals surface area (Å²) in [6.07, 6.45) is 2.01. The zero-order chi connectivity index (χ0) is 20.1. The van der Waals surface area contributed by atoms with E-state index in [4.69, 9.17) is 32.7 Å². The van der Waals surface area contributed by atoms with Gasteiger partial charge in [0.1, 0.15) is 11.3 Å². The maximum absolute atomic E-state index is 12.7. The minimum Gasteiger partial charge on any atom is -0.491 e. The average Bonchev–Trinajstić information content (AvgIpc) is 2.68. The summed E-state index contributed by atoms with van der Waals surface area (Å²) in [6.45, 7) is 2.53. The van der Waals surface area contributed by atoms with Crippen molar-refractivity contribution in [2.45, 2.75) is 6.92 Å². The van der Waals surface area contributed by atoms with Gasteiger partial charge in [-0.3, -0.25) is 0 Å². The van der Waals surface area contributed by atoms with Crippen molar-refractivity contribution in [3.8, 4) is 16.9 Å². The number of ether oxygens (including phenoxy) is 2. The fraction of sp³-hybridized carbons (Fsp3) is 0.227. The summed E-state index contributed by atoms with van der Waals surface area (Å²) in [5.41, 5.74) is 1.92. The highest BCUT2D eigenvalue weighted by Crippen LogP contribution is 2.43. The first-order valence-corrected chi connectivity index (χ1v) is 11.0. The first-order valence-electron chi connectivity index (χ1n) is 8.86. The third-order valence-electron chi connectivity index (χ3n) is 4.23. The molecule has 6 heteroatoms. The smallest absolute Gasteiger partial charge is 0.341 e. The number of benzene rings is 3. The molecule has 0 saturated carbocycles. The third kappa shape index (κ3) is 4.40. The molecule has 3 aromatic carbocycles. The molecule has 3 nitrogen and oxygen atoms in total. The second-order valence-corrected chi connectivity index (χ2v) is 7.86. The number of rotatable bonds is 7. The molecule has 0 fully saturated rings. The summed E-state index contributed by atoms with van der Waals surface area (Å²) in [6, 6.07) is 15.0. The zero-order valence-corrected chi connectivity index (χ0v) is 18.0. The fourth-order valence-corrected chi connectivity index (χ4v) is 3.78. The van der Waals surface area contributed by atoms with Crippen molar-refractivity contribution in [2.24, 2.45) is 0 Å². The molecule has 0 amide bonds. The van der Waals surface area contributed by atoms with E-state index in [1.165, 1.54) is 0 Å². The van der Waals surface area contributed by atoms with Crippen LogP contribution < -0.4 is 4.74 Å². The number of carbonyl (C=O) groups excluding carboxylic acids is 1. The fourth-order valence-electron chi connectivity index (χ4n) is 3.03. The van der Waals surface area contributed by atoms with Crippen molar-refractivity contribution in [1.29, 1.82) is 0 Å². The number of carbonyl (C=O) groups is 1. The molecule has 0 aliphatic carbocycles. The monoisotopic (exact) mass is 434 g/mol. The quantitative estimate of drug-likeness (QED) is 0.304. The van der Waals surface area contributed by atoms with Gasteiger partial charge in [0, 0.05) is 21.9 Å². The summed E-state index contributed by atoms with van der Waals surface area (Å²) in [4.78, 5) is 12.7. The van der Waals surface area contributed by atoms with Gasteiger partial charge >= 0.3 is 5.97 Å². The van der Waals surface area contributed by atoms with E-state index >= 15 is 0 Å². The van der Waals surface area contributed by atoms with Gasteiger partial charge in [-0.25, -0.2) is 4.79 Å². The molecule has 3 aromatic rings. The van der Waals surface area contributed by atoms with Gasteiger partial charge in [0.05, 0.1) is 18.2 Å². The minimum atomic E-state index is -0.418. The highest BCUT2D eigenvalue weighted by molar-refractivity contribution is 7.98. The predicted molar refractivity (Wildman–Crippen MR) is 119 cm³/mol. The van der Waals surface area contributed by atoms with Crippen LogP contribution in [0.2, 0.25) is 10.0 Å². The Hall–Kier alpha value is -1.88. The molecule has 0 aromatic heterocycles. The van der Waals surface area contributed by atoms with Crippen LogP contribution >= 0.6 is 35.0 Å². The van der Waals surface area contributed by atoms with Gasteiger partial charge < -0.3 is 9.47 Å². The van der Waals surface area contributed by atoms with Crippen molar-refractivity contribution in [3.05, 3.63) is 64.1 Å². The maximum atomic E-state index is 12.7. The van der Waals surface area contributed by atoms with Crippen LogP contribution in [0.15, 0.2) is 48.5 Å². The molecule has 146 valence electrons. The van der Waals surface area contributed by atoms with E-state index in [1.807, 2.05) is 42.7 Å². The Morgan fingerprint density at radius 2 is 1.89 bits per heavy atom. The molecule has 0 unspecified atom stereocenters. The normalized spacial score (nSPS) is 10.9. The first-order chi connectivity index (χ1) is 13.6.